The van der Waals surface area contributed by atoms with Gasteiger partial charge in [0.25, 0.3) is 0 Å². The zero-order valence-electron chi connectivity index (χ0n) is 11.9. The second-order valence-corrected chi connectivity index (χ2v) is 4.46. The summed E-state index contributed by atoms with van der Waals surface area (Å²) >= 11 is 0. The van der Waals surface area contributed by atoms with Crippen molar-refractivity contribution >= 4 is 0 Å². The highest BCUT2D eigenvalue weighted by Gasteiger charge is 2.27. The van der Waals surface area contributed by atoms with E-state index in [-0.39, 0.29) is 6.61 Å². The maximum absolute atomic E-state index is 9.24. The molecule has 0 fully saturated rings. The van der Waals surface area contributed by atoms with E-state index < -0.39 is 5.54 Å². The lowest BCUT2D eigenvalue weighted by Gasteiger charge is -2.21. The fraction of sp³-hybridized carbons (Fsp3) is 0.533. The van der Waals surface area contributed by atoms with Crippen molar-refractivity contribution in [3.63, 3.8) is 0 Å². The Labute approximate surface area is 120 Å². The molecule has 0 aliphatic heterocycles. The van der Waals surface area contributed by atoms with Crippen LogP contribution in [-0.4, -0.2) is 40.1 Å². The van der Waals surface area contributed by atoms with Gasteiger partial charge in [0.2, 0.25) is 0 Å². The molecule has 1 atom stereocenters. The second-order valence-electron chi connectivity index (χ2n) is 4.46. The molecule has 5 heteroatoms. The van der Waals surface area contributed by atoms with Crippen LogP contribution in [-0.2, 0) is 19.7 Å². The predicted molar refractivity (Wildman–Crippen MR) is 76.1 cm³/mol. The van der Waals surface area contributed by atoms with E-state index in [1.165, 1.54) is 0 Å². The van der Waals surface area contributed by atoms with Gasteiger partial charge in [-0.1, -0.05) is 30.3 Å². The summed E-state index contributed by atoms with van der Waals surface area (Å²) in [4.78, 5) is 0. The Morgan fingerprint density at radius 3 is 2.45 bits per heavy atom. The van der Waals surface area contributed by atoms with E-state index in [0.29, 0.717) is 26.4 Å². The maximum Gasteiger partial charge on any atom is 0.153 e. The summed E-state index contributed by atoms with van der Waals surface area (Å²) in [6, 6.07) is 11.4. The Balaban J connectivity index is 2.24. The zero-order chi connectivity index (χ0) is 14.7. The minimum Gasteiger partial charge on any atom is -0.382 e. The normalized spacial score (nSPS) is 13.7. The number of benzene rings is 1. The molecule has 110 valence electrons. The van der Waals surface area contributed by atoms with Crippen LogP contribution in [0.15, 0.2) is 30.3 Å². The van der Waals surface area contributed by atoms with Crippen LogP contribution in [0.3, 0.4) is 0 Å². The molecule has 0 saturated heterocycles. The minimum absolute atomic E-state index is 0.172. The molecule has 0 saturated carbocycles. The fourth-order valence-electron chi connectivity index (χ4n) is 1.66. The molecule has 1 aromatic carbocycles. The first kappa shape index (κ1) is 16.6. The van der Waals surface area contributed by atoms with Crippen LogP contribution >= 0.6 is 0 Å². The number of nitrogens with two attached hydrogens (primary N) is 1. The predicted octanol–water partition coefficient (Wildman–Crippen LogP) is 1.43. The fourth-order valence-corrected chi connectivity index (χ4v) is 1.66. The molecule has 0 heterocycles. The van der Waals surface area contributed by atoms with E-state index in [2.05, 4.69) is 6.07 Å². The van der Waals surface area contributed by atoms with Gasteiger partial charge in [-0.05, 0) is 12.0 Å². The molecule has 5 nitrogen and oxygen atoms in total. The molecular formula is C15H22N2O3. The van der Waals surface area contributed by atoms with Crippen LogP contribution in [0.25, 0.3) is 0 Å². The number of nitrogens with zero attached hydrogens (tertiary/aromatic N) is 1. The summed E-state index contributed by atoms with van der Waals surface area (Å²) < 4.78 is 15.7. The smallest absolute Gasteiger partial charge is 0.153 e. The molecule has 20 heavy (non-hydrogen) atoms. The number of methoxy groups -OCH3 is 1. The molecule has 0 aliphatic rings. The lowest BCUT2D eigenvalue weighted by atomic mass is 9.94. The van der Waals surface area contributed by atoms with Crippen molar-refractivity contribution in [1.29, 1.82) is 5.26 Å². The van der Waals surface area contributed by atoms with Gasteiger partial charge in [-0.15, -0.1) is 0 Å². The molecule has 0 amide bonds. The number of nitriles is 1. The third kappa shape index (κ3) is 5.68. The molecule has 1 rings (SSSR count). The number of hydrogen-bond donors (Lipinski definition) is 1. The quantitative estimate of drug-likeness (QED) is 0.655. The summed E-state index contributed by atoms with van der Waals surface area (Å²) in [7, 11) is 1.64. The lowest BCUT2D eigenvalue weighted by Crippen LogP contribution is -2.40. The van der Waals surface area contributed by atoms with Crippen LogP contribution in [0.1, 0.15) is 12.0 Å². The zero-order valence-corrected chi connectivity index (χ0v) is 11.9. The van der Waals surface area contributed by atoms with Gasteiger partial charge in [-0.25, -0.2) is 0 Å². The molecule has 2 N–H and O–H groups in total. The highest BCUT2D eigenvalue weighted by molar-refractivity contribution is 5.30. The topological polar surface area (TPSA) is 77.5 Å². The average molecular weight is 278 g/mol. The summed E-state index contributed by atoms with van der Waals surface area (Å²) in [5, 5.41) is 9.24. The van der Waals surface area contributed by atoms with Crippen molar-refractivity contribution in [3.8, 4) is 6.07 Å². The standard InChI is InChI=1S/C15H22N2O3/c1-18-10-11-19-8-5-9-20-13-15(17,12-16)14-6-3-2-4-7-14/h2-4,6-7H,5,8-11,13,17H2,1H3. The lowest BCUT2D eigenvalue weighted by molar-refractivity contribution is 0.0451. The first-order valence-corrected chi connectivity index (χ1v) is 6.63. The van der Waals surface area contributed by atoms with E-state index in [1.54, 1.807) is 7.11 Å². The van der Waals surface area contributed by atoms with E-state index >= 15 is 0 Å². The largest absolute Gasteiger partial charge is 0.382 e. The van der Waals surface area contributed by atoms with Gasteiger partial charge in [0.15, 0.2) is 5.54 Å². The van der Waals surface area contributed by atoms with Crippen molar-refractivity contribution in [2.45, 2.75) is 12.0 Å². The first-order chi connectivity index (χ1) is 9.73. The van der Waals surface area contributed by atoms with Gasteiger partial charge in [-0.3, -0.25) is 0 Å². The highest BCUT2D eigenvalue weighted by atomic mass is 16.5. The van der Waals surface area contributed by atoms with Gasteiger partial charge in [0.1, 0.15) is 0 Å². The van der Waals surface area contributed by atoms with Gasteiger partial charge in [0, 0.05) is 20.3 Å². The Morgan fingerprint density at radius 2 is 1.80 bits per heavy atom. The third-order valence-electron chi connectivity index (χ3n) is 2.83. The Kier molecular flexibility index (Phi) is 7.85. The van der Waals surface area contributed by atoms with E-state index in [1.807, 2.05) is 30.3 Å². The van der Waals surface area contributed by atoms with Crippen LogP contribution in [0, 0.1) is 11.3 Å². The van der Waals surface area contributed by atoms with E-state index in [0.717, 1.165) is 12.0 Å². The number of rotatable bonds is 10. The van der Waals surface area contributed by atoms with Crippen LogP contribution in [0.5, 0.6) is 0 Å². The number of hydrogen-bond acceptors (Lipinski definition) is 5. The molecule has 1 unspecified atom stereocenters. The van der Waals surface area contributed by atoms with Gasteiger partial charge in [-0.2, -0.15) is 5.26 Å². The van der Waals surface area contributed by atoms with Crippen LogP contribution in [0.4, 0.5) is 0 Å². The average Bonchev–Trinajstić information content (AvgIpc) is 2.50. The summed E-state index contributed by atoms with van der Waals surface area (Å²) in [6.45, 7) is 2.47. The van der Waals surface area contributed by atoms with Crippen molar-refractivity contribution in [1.82, 2.24) is 0 Å². The monoisotopic (exact) mass is 278 g/mol. The van der Waals surface area contributed by atoms with E-state index in [9.17, 15) is 5.26 Å². The highest BCUT2D eigenvalue weighted by Crippen LogP contribution is 2.17. The van der Waals surface area contributed by atoms with Gasteiger partial charge >= 0.3 is 0 Å². The van der Waals surface area contributed by atoms with E-state index in [4.69, 9.17) is 19.9 Å². The third-order valence-corrected chi connectivity index (χ3v) is 2.83. The Bertz CT molecular complexity index is 405. The van der Waals surface area contributed by atoms with Gasteiger partial charge in [0.05, 0.1) is 25.9 Å². The molecule has 0 aromatic heterocycles. The van der Waals surface area contributed by atoms with Crippen molar-refractivity contribution in [3.05, 3.63) is 35.9 Å². The molecule has 0 radical (unpaired) electrons. The summed E-state index contributed by atoms with van der Waals surface area (Å²) in [5.41, 5.74) is 5.73. The van der Waals surface area contributed by atoms with Crippen molar-refractivity contribution < 1.29 is 14.2 Å². The SMILES string of the molecule is COCCOCCCOCC(N)(C#N)c1ccccc1. The molecule has 1 aromatic rings. The minimum atomic E-state index is -1.10. The van der Waals surface area contributed by atoms with Gasteiger partial charge < -0.3 is 19.9 Å². The maximum atomic E-state index is 9.24. The van der Waals surface area contributed by atoms with Crippen LogP contribution in [0.2, 0.25) is 0 Å². The molecular weight excluding hydrogens is 256 g/mol. The second kappa shape index (κ2) is 9.45. The van der Waals surface area contributed by atoms with Crippen molar-refractivity contribution in [2.24, 2.45) is 5.73 Å². The summed E-state index contributed by atoms with van der Waals surface area (Å²) in [5.74, 6) is 0. The summed E-state index contributed by atoms with van der Waals surface area (Å²) in [6.07, 6.45) is 0.764. The molecule has 0 spiro atoms. The number of ether oxygens (including phenoxy) is 3. The van der Waals surface area contributed by atoms with Crippen molar-refractivity contribution in [2.75, 3.05) is 40.1 Å². The Hall–Kier alpha value is -1.45. The van der Waals surface area contributed by atoms with Crippen LogP contribution < -0.4 is 5.73 Å². The molecule has 0 bridgehead atoms. The first-order valence-electron chi connectivity index (χ1n) is 6.63. The Morgan fingerprint density at radius 1 is 1.10 bits per heavy atom. The molecule has 0 aliphatic carbocycles.